The largest absolute Gasteiger partial charge is 0.350 e. The summed E-state index contributed by atoms with van der Waals surface area (Å²) in [5.74, 6) is 0.254. The van der Waals surface area contributed by atoms with E-state index < -0.39 is 0 Å². The lowest BCUT2D eigenvalue weighted by Gasteiger charge is -2.32. The highest BCUT2D eigenvalue weighted by molar-refractivity contribution is 7.09. The quantitative estimate of drug-likeness (QED) is 0.755. The minimum atomic E-state index is -0.198. The zero-order chi connectivity index (χ0) is 19.1. The number of unbranched alkanes of at least 4 members (excludes halogenated alkanes) is 1. The first-order valence-electron chi connectivity index (χ1n) is 9.77. The van der Waals surface area contributed by atoms with Crippen molar-refractivity contribution in [1.29, 1.82) is 0 Å². The molecule has 0 radical (unpaired) electrons. The fourth-order valence-corrected chi connectivity index (χ4v) is 4.20. The molecule has 1 N–H and O–H groups in total. The lowest BCUT2D eigenvalue weighted by atomic mass is 9.98. The van der Waals surface area contributed by atoms with Crippen molar-refractivity contribution in [2.45, 2.75) is 45.7 Å². The molecule has 2 aromatic heterocycles. The van der Waals surface area contributed by atoms with Gasteiger partial charge in [0.15, 0.2) is 0 Å². The minimum Gasteiger partial charge on any atom is -0.350 e. The standard InChI is InChI=1S/C20H28N4O2S/c1-2-3-11-24-19(25)9-8-18(22-24)20(26)21-13-16-6-4-10-23(14-16)15-17-7-5-12-27-17/h5,7-9,12,16H,2-4,6,10-11,13-15H2,1H3,(H,21,26). The van der Waals surface area contributed by atoms with Crippen LogP contribution in [0.1, 0.15) is 48.0 Å². The van der Waals surface area contributed by atoms with Gasteiger partial charge in [-0.15, -0.1) is 11.3 Å². The van der Waals surface area contributed by atoms with Gasteiger partial charge in [0.05, 0.1) is 0 Å². The van der Waals surface area contributed by atoms with E-state index in [1.807, 2.05) is 0 Å². The van der Waals surface area contributed by atoms with Gasteiger partial charge >= 0.3 is 0 Å². The average molecular weight is 389 g/mol. The fourth-order valence-electron chi connectivity index (χ4n) is 3.45. The molecular weight excluding hydrogens is 360 g/mol. The first kappa shape index (κ1) is 19.8. The van der Waals surface area contributed by atoms with Crippen LogP contribution in [-0.2, 0) is 13.1 Å². The summed E-state index contributed by atoms with van der Waals surface area (Å²) < 4.78 is 1.39. The number of aryl methyl sites for hydroxylation is 1. The number of nitrogens with zero attached hydrogens (tertiary/aromatic N) is 3. The van der Waals surface area contributed by atoms with E-state index >= 15 is 0 Å². The van der Waals surface area contributed by atoms with Crippen LogP contribution >= 0.6 is 11.3 Å². The number of carbonyl (C=O) groups excluding carboxylic acids is 1. The van der Waals surface area contributed by atoms with Crippen molar-refractivity contribution in [3.63, 3.8) is 0 Å². The van der Waals surface area contributed by atoms with Gasteiger partial charge in [-0.3, -0.25) is 14.5 Å². The van der Waals surface area contributed by atoms with Crippen LogP contribution in [0.3, 0.4) is 0 Å². The van der Waals surface area contributed by atoms with Gasteiger partial charge in [0.2, 0.25) is 0 Å². The van der Waals surface area contributed by atoms with Crippen molar-refractivity contribution in [2.75, 3.05) is 19.6 Å². The average Bonchev–Trinajstić information content (AvgIpc) is 3.19. The summed E-state index contributed by atoms with van der Waals surface area (Å²) >= 11 is 1.79. The monoisotopic (exact) mass is 388 g/mol. The number of likely N-dealkylation sites (tertiary alicyclic amines) is 1. The third-order valence-corrected chi connectivity index (χ3v) is 5.80. The van der Waals surface area contributed by atoms with Crippen molar-refractivity contribution >= 4 is 17.2 Å². The fraction of sp³-hybridized carbons (Fsp3) is 0.550. The molecule has 3 heterocycles. The predicted octanol–water partition coefficient (Wildman–Crippen LogP) is 2.75. The molecule has 1 aliphatic heterocycles. The Kier molecular flexibility index (Phi) is 7.18. The Bertz CT molecular complexity index is 788. The number of rotatable bonds is 8. The van der Waals surface area contributed by atoms with Gasteiger partial charge in [-0.2, -0.15) is 5.10 Å². The number of thiophene rings is 1. The van der Waals surface area contributed by atoms with E-state index in [2.05, 4.69) is 39.8 Å². The van der Waals surface area contributed by atoms with Crippen molar-refractivity contribution in [3.8, 4) is 0 Å². The summed E-state index contributed by atoms with van der Waals surface area (Å²) in [6.45, 7) is 6.37. The lowest BCUT2D eigenvalue weighted by molar-refractivity contribution is 0.0923. The molecular formula is C20H28N4O2S. The van der Waals surface area contributed by atoms with Gasteiger partial charge < -0.3 is 5.32 Å². The van der Waals surface area contributed by atoms with Crippen molar-refractivity contribution < 1.29 is 4.79 Å². The molecule has 27 heavy (non-hydrogen) atoms. The highest BCUT2D eigenvalue weighted by Gasteiger charge is 2.21. The third-order valence-electron chi connectivity index (χ3n) is 4.94. The molecule has 146 valence electrons. The maximum absolute atomic E-state index is 12.5. The summed E-state index contributed by atoms with van der Waals surface area (Å²) in [6.07, 6.45) is 4.14. The molecule has 3 rings (SSSR count). The zero-order valence-corrected chi connectivity index (χ0v) is 16.7. The highest BCUT2D eigenvalue weighted by atomic mass is 32.1. The van der Waals surface area contributed by atoms with Crippen LogP contribution in [0.4, 0.5) is 0 Å². The first-order chi connectivity index (χ1) is 13.2. The molecule has 1 amide bonds. The van der Waals surface area contributed by atoms with Crippen molar-refractivity contribution in [3.05, 3.63) is 50.6 Å². The van der Waals surface area contributed by atoms with E-state index in [-0.39, 0.29) is 11.5 Å². The Hall–Kier alpha value is -1.99. The topological polar surface area (TPSA) is 67.2 Å². The van der Waals surface area contributed by atoms with Crippen LogP contribution < -0.4 is 10.9 Å². The van der Waals surface area contributed by atoms with Gasteiger partial charge in [0.1, 0.15) is 5.69 Å². The summed E-state index contributed by atoms with van der Waals surface area (Å²) in [7, 11) is 0. The number of hydrogen-bond donors (Lipinski definition) is 1. The summed E-state index contributed by atoms with van der Waals surface area (Å²) in [5.41, 5.74) is 0.161. The molecule has 0 spiro atoms. The van der Waals surface area contributed by atoms with Crippen molar-refractivity contribution in [1.82, 2.24) is 20.0 Å². The van der Waals surface area contributed by atoms with E-state index in [4.69, 9.17) is 0 Å². The van der Waals surface area contributed by atoms with E-state index in [1.165, 1.54) is 21.7 Å². The van der Waals surface area contributed by atoms with E-state index in [0.29, 0.717) is 24.7 Å². The van der Waals surface area contributed by atoms with Crippen LogP contribution in [0.2, 0.25) is 0 Å². The summed E-state index contributed by atoms with van der Waals surface area (Å²) in [5, 5.41) is 9.35. The molecule has 1 aliphatic rings. The Labute approximate surface area is 164 Å². The van der Waals surface area contributed by atoms with Gasteiger partial charge in [0.25, 0.3) is 11.5 Å². The zero-order valence-electron chi connectivity index (χ0n) is 15.9. The molecule has 0 aromatic carbocycles. The number of aromatic nitrogens is 2. The predicted molar refractivity (Wildman–Crippen MR) is 108 cm³/mol. The van der Waals surface area contributed by atoms with Gasteiger partial charge in [0, 0.05) is 37.1 Å². The van der Waals surface area contributed by atoms with E-state index in [9.17, 15) is 9.59 Å². The smallest absolute Gasteiger partial charge is 0.271 e. The number of amides is 1. The van der Waals surface area contributed by atoms with Crippen molar-refractivity contribution in [2.24, 2.45) is 5.92 Å². The van der Waals surface area contributed by atoms with Gasteiger partial charge in [-0.05, 0) is 49.2 Å². The maximum Gasteiger partial charge on any atom is 0.271 e. The van der Waals surface area contributed by atoms with Crippen LogP contribution in [0.15, 0.2) is 34.4 Å². The minimum absolute atomic E-state index is 0.156. The third kappa shape index (κ3) is 5.74. The Morgan fingerprint density at radius 3 is 3.04 bits per heavy atom. The van der Waals surface area contributed by atoms with Gasteiger partial charge in [-0.25, -0.2) is 4.68 Å². The molecule has 0 saturated carbocycles. The highest BCUT2D eigenvalue weighted by Crippen LogP contribution is 2.20. The first-order valence-corrected chi connectivity index (χ1v) is 10.6. The van der Waals surface area contributed by atoms with Gasteiger partial charge in [-0.1, -0.05) is 19.4 Å². The van der Waals surface area contributed by atoms with Crippen LogP contribution in [0.5, 0.6) is 0 Å². The number of hydrogen-bond acceptors (Lipinski definition) is 5. The molecule has 0 bridgehead atoms. The van der Waals surface area contributed by atoms with Crippen LogP contribution in [0, 0.1) is 5.92 Å². The molecule has 7 heteroatoms. The molecule has 1 atom stereocenters. The molecule has 0 aliphatic carbocycles. The van der Waals surface area contributed by atoms with E-state index in [0.717, 1.165) is 45.3 Å². The molecule has 1 unspecified atom stereocenters. The van der Waals surface area contributed by atoms with E-state index in [1.54, 1.807) is 11.3 Å². The number of piperidine rings is 1. The second-order valence-electron chi connectivity index (χ2n) is 7.17. The second-order valence-corrected chi connectivity index (χ2v) is 8.20. The lowest BCUT2D eigenvalue weighted by Crippen LogP contribution is -2.40. The SMILES string of the molecule is CCCCn1nc(C(=O)NCC2CCCN(Cc3cccs3)C2)ccc1=O. The molecule has 6 nitrogen and oxygen atoms in total. The summed E-state index contributed by atoms with van der Waals surface area (Å²) in [6, 6.07) is 7.22. The number of nitrogens with one attached hydrogen (secondary N) is 1. The molecule has 1 saturated heterocycles. The normalized spacial score (nSPS) is 17.7. The Morgan fingerprint density at radius 2 is 2.26 bits per heavy atom. The Morgan fingerprint density at radius 1 is 1.37 bits per heavy atom. The van der Waals surface area contributed by atoms with Crippen LogP contribution in [0.25, 0.3) is 0 Å². The second kappa shape index (κ2) is 9.80. The summed E-state index contributed by atoms with van der Waals surface area (Å²) in [4.78, 5) is 28.2. The maximum atomic E-state index is 12.5. The molecule has 2 aromatic rings. The molecule has 1 fully saturated rings. The number of carbonyl (C=O) groups is 1. The van der Waals surface area contributed by atoms with Crippen LogP contribution in [-0.4, -0.2) is 40.2 Å². The Balaban J connectivity index is 1.51.